The minimum atomic E-state index is 0.129. The molecule has 0 amide bonds. The smallest absolute Gasteiger partial charge is 0.255 e. The first-order chi connectivity index (χ1) is 8.37. The zero-order valence-electron chi connectivity index (χ0n) is 11.8. The summed E-state index contributed by atoms with van der Waals surface area (Å²) in [5.41, 5.74) is 2.24. The molecule has 0 aliphatic carbocycles. The average Bonchev–Trinajstić information content (AvgIpc) is 2.59. The number of rotatable bonds is 3. The van der Waals surface area contributed by atoms with Crippen LogP contribution in [0.5, 0.6) is 0 Å². The van der Waals surface area contributed by atoms with Gasteiger partial charge in [-0.1, -0.05) is 0 Å². The van der Waals surface area contributed by atoms with Crippen molar-refractivity contribution < 1.29 is 0 Å². The molecule has 5 heteroatoms. The maximum absolute atomic E-state index is 4.38. The Balaban J connectivity index is 2.19. The molecule has 0 aliphatic rings. The highest BCUT2D eigenvalue weighted by Gasteiger charge is 2.12. The van der Waals surface area contributed by atoms with Crippen LogP contribution in [0.3, 0.4) is 0 Å². The molecular weight excluding hydrogens is 226 g/mol. The Morgan fingerprint density at radius 3 is 2.61 bits per heavy atom. The van der Waals surface area contributed by atoms with Gasteiger partial charge in [0, 0.05) is 29.9 Å². The van der Waals surface area contributed by atoms with Gasteiger partial charge in [-0.3, -0.25) is 4.40 Å². The Kier molecular flexibility index (Phi) is 3.34. The molecule has 0 atom stereocenters. The van der Waals surface area contributed by atoms with E-state index in [2.05, 4.69) is 54.3 Å². The van der Waals surface area contributed by atoms with E-state index in [4.69, 9.17) is 0 Å². The van der Waals surface area contributed by atoms with Crippen molar-refractivity contribution in [2.24, 2.45) is 0 Å². The summed E-state index contributed by atoms with van der Waals surface area (Å²) in [5, 5.41) is 11.8. The van der Waals surface area contributed by atoms with E-state index >= 15 is 0 Å². The molecular formula is C13H21N5. The van der Waals surface area contributed by atoms with Gasteiger partial charge in [-0.2, -0.15) is 0 Å². The number of nitrogens with one attached hydrogen (secondary N) is 1. The summed E-state index contributed by atoms with van der Waals surface area (Å²) in [6.45, 7) is 11.4. The standard InChI is InChI=1S/C13H21N5/c1-9-8-10(2)18-11(16-17-12(18)15-9)6-7-14-13(3,4)5/h8,14H,6-7H2,1-5H3. The lowest BCUT2D eigenvalue weighted by Gasteiger charge is -2.20. The van der Waals surface area contributed by atoms with E-state index < -0.39 is 0 Å². The van der Waals surface area contributed by atoms with Crippen LogP contribution in [0, 0.1) is 13.8 Å². The SMILES string of the molecule is Cc1cc(C)n2c(CCNC(C)(C)C)nnc2n1. The number of hydrogen-bond donors (Lipinski definition) is 1. The largest absolute Gasteiger partial charge is 0.312 e. The predicted octanol–water partition coefficient (Wildman–Crippen LogP) is 1.67. The van der Waals surface area contributed by atoms with Gasteiger partial charge < -0.3 is 5.32 Å². The third kappa shape index (κ3) is 2.85. The fraction of sp³-hybridized carbons (Fsp3) is 0.615. The second kappa shape index (κ2) is 4.65. The Morgan fingerprint density at radius 2 is 1.94 bits per heavy atom. The van der Waals surface area contributed by atoms with E-state index in [1.165, 1.54) is 0 Å². The maximum atomic E-state index is 4.38. The van der Waals surface area contributed by atoms with Crippen molar-refractivity contribution in [2.75, 3.05) is 6.54 Å². The topological polar surface area (TPSA) is 55.1 Å². The van der Waals surface area contributed by atoms with Crippen LogP contribution in [-0.4, -0.2) is 31.7 Å². The molecule has 0 fully saturated rings. The summed E-state index contributed by atoms with van der Waals surface area (Å²) < 4.78 is 2.03. The van der Waals surface area contributed by atoms with E-state index in [0.717, 1.165) is 30.2 Å². The Morgan fingerprint density at radius 1 is 1.22 bits per heavy atom. The number of fused-ring (bicyclic) bond motifs is 1. The van der Waals surface area contributed by atoms with Crippen LogP contribution in [0.15, 0.2) is 6.07 Å². The van der Waals surface area contributed by atoms with Crippen LogP contribution >= 0.6 is 0 Å². The molecule has 2 rings (SSSR count). The molecule has 0 bridgehead atoms. The Labute approximate surface area is 108 Å². The first kappa shape index (κ1) is 13.0. The van der Waals surface area contributed by atoms with Gasteiger partial charge in [-0.25, -0.2) is 4.98 Å². The zero-order chi connectivity index (χ0) is 13.3. The van der Waals surface area contributed by atoms with Gasteiger partial charge >= 0.3 is 0 Å². The quantitative estimate of drug-likeness (QED) is 0.896. The van der Waals surface area contributed by atoms with Gasteiger partial charge in [0.25, 0.3) is 5.78 Å². The van der Waals surface area contributed by atoms with Gasteiger partial charge in [0.15, 0.2) is 0 Å². The van der Waals surface area contributed by atoms with Crippen molar-refractivity contribution in [3.05, 3.63) is 23.3 Å². The summed E-state index contributed by atoms with van der Waals surface area (Å²) in [5.74, 6) is 1.66. The molecule has 0 unspecified atom stereocenters. The third-order valence-corrected chi connectivity index (χ3v) is 2.76. The fourth-order valence-corrected chi connectivity index (χ4v) is 2.01. The second-order valence-corrected chi connectivity index (χ2v) is 5.72. The first-order valence-corrected chi connectivity index (χ1v) is 6.30. The lowest BCUT2D eigenvalue weighted by molar-refractivity contribution is 0.427. The maximum Gasteiger partial charge on any atom is 0.255 e. The van der Waals surface area contributed by atoms with Gasteiger partial charge in [0.1, 0.15) is 5.82 Å². The molecule has 2 aromatic heterocycles. The summed E-state index contributed by atoms with van der Waals surface area (Å²) in [7, 11) is 0. The van der Waals surface area contributed by atoms with Crippen molar-refractivity contribution in [3.8, 4) is 0 Å². The van der Waals surface area contributed by atoms with Crippen LogP contribution in [-0.2, 0) is 6.42 Å². The van der Waals surface area contributed by atoms with Gasteiger partial charge in [0.05, 0.1) is 0 Å². The molecule has 2 heterocycles. The predicted molar refractivity (Wildman–Crippen MR) is 71.7 cm³/mol. The van der Waals surface area contributed by atoms with Crippen LogP contribution in [0.4, 0.5) is 0 Å². The van der Waals surface area contributed by atoms with E-state index in [1.807, 2.05) is 11.3 Å². The van der Waals surface area contributed by atoms with Crippen molar-refractivity contribution in [1.82, 2.24) is 24.9 Å². The molecule has 1 N–H and O–H groups in total. The minimum absolute atomic E-state index is 0.129. The van der Waals surface area contributed by atoms with Gasteiger partial charge in [-0.15, -0.1) is 10.2 Å². The van der Waals surface area contributed by atoms with Gasteiger partial charge in [0.2, 0.25) is 0 Å². The molecule has 18 heavy (non-hydrogen) atoms. The average molecular weight is 247 g/mol. The molecule has 5 nitrogen and oxygen atoms in total. The van der Waals surface area contributed by atoms with E-state index in [0.29, 0.717) is 5.78 Å². The van der Waals surface area contributed by atoms with Crippen LogP contribution in [0.2, 0.25) is 0 Å². The molecule has 0 saturated carbocycles. The molecule has 0 aliphatic heterocycles. The number of hydrogen-bond acceptors (Lipinski definition) is 4. The van der Waals surface area contributed by atoms with E-state index in [9.17, 15) is 0 Å². The molecule has 98 valence electrons. The Hall–Kier alpha value is -1.49. The molecule has 0 spiro atoms. The highest BCUT2D eigenvalue weighted by Crippen LogP contribution is 2.08. The Bertz CT molecular complexity index is 550. The lowest BCUT2D eigenvalue weighted by atomic mass is 10.1. The van der Waals surface area contributed by atoms with Crippen molar-refractivity contribution in [2.45, 2.75) is 46.6 Å². The normalized spacial score (nSPS) is 12.3. The van der Waals surface area contributed by atoms with Crippen LogP contribution < -0.4 is 5.32 Å². The highest BCUT2D eigenvalue weighted by atomic mass is 15.3. The van der Waals surface area contributed by atoms with Crippen LogP contribution in [0.25, 0.3) is 5.78 Å². The third-order valence-electron chi connectivity index (χ3n) is 2.76. The van der Waals surface area contributed by atoms with E-state index in [-0.39, 0.29) is 5.54 Å². The van der Waals surface area contributed by atoms with Crippen molar-refractivity contribution in [3.63, 3.8) is 0 Å². The first-order valence-electron chi connectivity index (χ1n) is 6.30. The lowest BCUT2D eigenvalue weighted by Crippen LogP contribution is -2.37. The highest BCUT2D eigenvalue weighted by molar-refractivity contribution is 5.32. The van der Waals surface area contributed by atoms with Gasteiger partial charge in [-0.05, 0) is 40.7 Å². The van der Waals surface area contributed by atoms with Crippen LogP contribution in [0.1, 0.15) is 38.0 Å². The number of aryl methyl sites for hydroxylation is 2. The number of nitrogens with zero attached hydrogens (tertiary/aromatic N) is 4. The monoisotopic (exact) mass is 247 g/mol. The molecule has 0 saturated heterocycles. The number of aromatic nitrogens is 4. The minimum Gasteiger partial charge on any atom is -0.312 e. The molecule has 0 radical (unpaired) electrons. The fourth-order valence-electron chi connectivity index (χ4n) is 2.01. The zero-order valence-corrected chi connectivity index (χ0v) is 11.8. The molecule has 0 aromatic carbocycles. The van der Waals surface area contributed by atoms with Crippen molar-refractivity contribution >= 4 is 5.78 Å². The second-order valence-electron chi connectivity index (χ2n) is 5.72. The summed E-state index contributed by atoms with van der Waals surface area (Å²) in [6.07, 6.45) is 0.851. The molecule has 2 aromatic rings. The summed E-state index contributed by atoms with van der Waals surface area (Å²) >= 11 is 0. The summed E-state index contributed by atoms with van der Waals surface area (Å²) in [6, 6.07) is 2.05. The van der Waals surface area contributed by atoms with E-state index in [1.54, 1.807) is 0 Å². The van der Waals surface area contributed by atoms with Crippen molar-refractivity contribution in [1.29, 1.82) is 0 Å². The summed E-state index contributed by atoms with van der Waals surface area (Å²) in [4.78, 5) is 4.38.